The van der Waals surface area contributed by atoms with Crippen LogP contribution in [0, 0.1) is 0 Å². The van der Waals surface area contributed by atoms with Crippen molar-refractivity contribution in [1.29, 1.82) is 0 Å². The van der Waals surface area contributed by atoms with E-state index in [9.17, 15) is 0 Å². The van der Waals surface area contributed by atoms with E-state index in [4.69, 9.17) is 5.73 Å². The largest absolute Gasteiger partial charge is 0.324 e. The normalized spacial score (nSPS) is 12.0. The molecule has 0 aliphatic carbocycles. The van der Waals surface area contributed by atoms with E-state index in [1.54, 1.807) is 0 Å². The molecule has 104 valence electrons. The molecule has 2 aromatic carbocycles. The maximum atomic E-state index is 6.35. The monoisotopic (exact) mass is 274 g/mol. The molecule has 1 aromatic heterocycles. The summed E-state index contributed by atoms with van der Waals surface area (Å²) in [5, 5.41) is 0. The predicted octanol–water partition coefficient (Wildman–Crippen LogP) is 3.99. The summed E-state index contributed by atoms with van der Waals surface area (Å²) in [4.78, 5) is 4.44. The number of hydrogen-bond acceptors (Lipinski definition) is 2. The molecule has 0 fully saturated rings. The molecule has 0 aliphatic heterocycles. The van der Waals surface area contributed by atoms with Crippen molar-refractivity contribution >= 4 is 0 Å². The summed E-state index contributed by atoms with van der Waals surface area (Å²) in [6, 6.07) is 24.6. The summed E-state index contributed by atoms with van der Waals surface area (Å²) >= 11 is 0. The molecule has 2 nitrogen and oxygen atoms in total. The van der Waals surface area contributed by atoms with Crippen molar-refractivity contribution in [2.24, 2.45) is 5.73 Å². The van der Waals surface area contributed by atoms with Crippen LogP contribution in [0.2, 0.25) is 0 Å². The second-order valence-corrected chi connectivity index (χ2v) is 5.14. The highest BCUT2D eigenvalue weighted by Gasteiger charge is 2.09. The first-order chi connectivity index (χ1) is 10.3. The summed E-state index contributed by atoms with van der Waals surface area (Å²) in [5.74, 6) is 0. The number of hydrogen-bond donors (Lipinski definition) is 1. The lowest BCUT2D eigenvalue weighted by molar-refractivity contribution is 0.721. The van der Waals surface area contributed by atoms with E-state index in [2.05, 4.69) is 35.3 Å². The molecule has 2 N–H and O–H groups in total. The van der Waals surface area contributed by atoms with Crippen molar-refractivity contribution in [2.45, 2.75) is 12.5 Å². The number of pyridine rings is 1. The molecule has 0 aliphatic rings. The molecule has 1 atom stereocenters. The Morgan fingerprint density at radius 1 is 0.857 bits per heavy atom. The Morgan fingerprint density at radius 2 is 1.52 bits per heavy atom. The van der Waals surface area contributed by atoms with Crippen molar-refractivity contribution in [1.82, 2.24) is 4.98 Å². The zero-order chi connectivity index (χ0) is 14.5. The van der Waals surface area contributed by atoms with E-state index in [0.717, 1.165) is 23.2 Å². The Labute approximate surface area is 125 Å². The van der Waals surface area contributed by atoms with Crippen LogP contribution in [0.5, 0.6) is 0 Å². The molecular weight excluding hydrogens is 256 g/mol. The fourth-order valence-electron chi connectivity index (χ4n) is 2.43. The van der Waals surface area contributed by atoms with Gasteiger partial charge in [-0.05, 0) is 29.7 Å². The molecule has 0 amide bonds. The lowest BCUT2D eigenvalue weighted by Crippen LogP contribution is -2.13. The van der Waals surface area contributed by atoms with Gasteiger partial charge in [-0.2, -0.15) is 0 Å². The first-order valence-corrected chi connectivity index (χ1v) is 7.14. The number of benzene rings is 2. The van der Waals surface area contributed by atoms with Crippen LogP contribution in [0.4, 0.5) is 0 Å². The Morgan fingerprint density at radius 3 is 2.24 bits per heavy atom. The van der Waals surface area contributed by atoms with Gasteiger partial charge in [0.2, 0.25) is 0 Å². The minimum absolute atomic E-state index is 0.0159. The van der Waals surface area contributed by atoms with E-state index < -0.39 is 0 Å². The molecule has 1 unspecified atom stereocenters. The topological polar surface area (TPSA) is 38.9 Å². The first-order valence-electron chi connectivity index (χ1n) is 7.14. The lowest BCUT2D eigenvalue weighted by atomic mass is 9.99. The Kier molecular flexibility index (Phi) is 4.08. The molecule has 0 spiro atoms. The zero-order valence-corrected chi connectivity index (χ0v) is 11.8. The van der Waals surface area contributed by atoms with Crippen LogP contribution >= 0.6 is 0 Å². The molecule has 0 radical (unpaired) electrons. The van der Waals surface area contributed by atoms with E-state index in [-0.39, 0.29) is 6.04 Å². The van der Waals surface area contributed by atoms with Crippen molar-refractivity contribution in [3.05, 3.63) is 90.1 Å². The zero-order valence-electron chi connectivity index (χ0n) is 11.8. The quantitative estimate of drug-likeness (QED) is 0.781. The maximum absolute atomic E-state index is 6.35. The number of aromatic nitrogens is 1. The van der Waals surface area contributed by atoms with Crippen molar-refractivity contribution in [2.75, 3.05) is 0 Å². The highest BCUT2D eigenvalue weighted by Crippen LogP contribution is 2.21. The highest BCUT2D eigenvalue weighted by atomic mass is 14.7. The van der Waals surface area contributed by atoms with E-state index in [0.29, 0.717) is 0 Å². The standard InChI is InChI=1S/C19H18N2/c20-18(13-15-7-3-1-4-8-15)17-11-12-21-19(14-17)16-9-5-2-6-10-16/h1-12,14,18H,13,20H2. The van der Waals surface area contributed by atoms with E-state index in [1.807, 2.05) is 48.7 Å². The van der Waals surface area contributed by atoms with E-state index in [1.165, 1.54) is 5.56 Å². The van der Waals surface area contributed by atoms with Gasteiger partial charge in [-0.1, -0.05) is 60.7 Å². The smallest absolute Gasteiger partial charge is 0.0705 e. The molecule has 0 saturated carbocycles. The minimum atomic E-state index is -0.0159. The molecule has 0 bridgehead atoms. The SMILES string of the molecule is NC(Cc1ccccc1)c1ccnc(-c2ccccc2)c1. The van der Waals surface area contributed by atoms with Gasteiger partial charge in [-0.3, -0.25) is 4.98 Å². The van der Waals surface area contributed by atoms with Gasteiger partial charge in [0.05, 0.1) is 5.69 Å². The van der Waals surface area contributed by atoms with Gasteiger partial charge in [0, 0.05) is 17.8 Å². The fourth-order valence-corrected chi connectivity index (χ4v) is 2.43. The number of rotatable bonds is 4. The van der Waals surface area contributed by atoms with Crippen molar-refractivity contribution < 1.29 is 0 Å². The van der Waals surface area contributed by atoms with Crippen LogP contribution < -0.4 is 5.73 Å². The summed E-state index contributed by atoms with van der Waals surface area (Å²) < 4.78 is 0. The van der Waals surface area contributed by atoms with Crippen LogP contribution in [0.15, 0.2) is 79.0 Å². The molecular formula is C19H18N2. The second kappa shape index (κ2) is 6.33. The fraction of sp³-hybridized carbons (Fsp3) is 0.105. The number of nitrogens with zero attached hydrogens (tertiary/aromatic N) is 1. The average Bonchev–Trinajstić information content (AvgIpc) is 2.57. The number of nitrogens with two attached hydrogens (primary N) is 1. The van der Waals surface area contributed by atoms with Gasteiger partial charge in [0.1, 0.15) is 0 Å². The molecule has 21 heavy (non-hydrogen) atoms. The molecule has 3 aromatic rings. The molecule has 0 saturated heterocycles. The van der Waals surface area contributed by atoms with E-state index >= 15 is 0 Å². The van der Waals surface area contributed by atoms with Crippen LogP contribution in [0.25, 0.3) is 11.3 Å². The summed E-state index contributed by atoms with van der Waals surface area (Å²) in [7, 11) is 0. The van der Waals surface area contributed by atoms with Gasteiger partial charge in [-0.15, -0.1) is 0 Å². The lowest BCUT2D eigenvalue weighted by Gasteiger charge is -2.13. The van der Waals surface area contributed by atoms with Crippen LogP contribution in [0.1, 0.15) is 17.2 Å². The first kappa shape index (κ1) is 13.5. The molecule has 1 heterocycles. The van der Waals surface area contributed by atoms with Crippen LogP contribution in [0.3, 0.4) is 0 Å². The van der Waals surface area contributed by atoms with Crippen molar-refractivity contribution in [3.63, 3.8) is 0 Å². The van der Waals surface area contributed by atoms with Crippen molar-refractivity contribution in [3.8, 4) is 11.3 Å². The van der Waals surface area contributed by atoms with Gasteiger partial charge >= 0.3 is 0 Å². The van der Waals surface area contributed by atoms with Crippen LogP contribution in [-0.4, -0.2) is 4.98 Å². The van der Waals surface area contributed by atoms with Gasteiger partial charge in [0.15, 0.2) is 0 Å². The predicted molar refractivity (Wildman–Crippen MR) is 86.7 cm³/mol. The highest BCUT2D eigenvalue weighted by molar-refractivity contribution is 5.59. The Hall–Kier alpha value is -2.45. The third-order valence-electron chi connectivity index (χ3n) is 3.58. The maximum Gasteiger partial charge on any atom is 0.0705 e. The van der Waals surface area contributed by atoms with Crippen LogP contribution in [-0.2, 0) is 6.42 Å². The third-order valence-corrected chi connectivity index (χ3v) is 3.58. The minimum Gasteiger partial charge on any atom is -0.324 e. The van der Waals surface area contributed by atoms with Gasteiger partial charge in [0.25, 0.3) is 0 Å². The summed E-state index contributed by atoms with van der Waals surface area (Å²) in [5.41, 5.74) is 10.8. The molecule has 3 rings (SSSR count). The molecule has 2 heteroatoms. The third kappa shape index (κ3) is 3.36. The average molecular weight is 274 g/mol. The Balaban J connectivity index is 1.83. The van der Waals surface area contributed by atoms with Gasteiger partial charge in [-0.25, -0.2) is 0 Å². The Bertz CT molecular complexity index is 693. The second-order valence-electron chi connectivity index (χ2n) is 5.14. The summed E-state index contributed by atoms with van der Waals surface area (Å²) in [6.07, 6.45) is 2.67. The van der Waals surface area contributed by atoms with Gasteiger partial charge < -0.3 is 5.73 Å². The summed E-state index contributed by atoms with van der Waals surface area (Å²) in [6.45, 7) is 0.